The van der Waals surface area contributed by atoms with Gasteiger partial charge in [0.25, 0.3) is 5.91 Å². The Morgan fingerprint density at radius 1 is 1.00 bits per heavy atom. The minimum atomic E-state index is -3.45. The van der Waals surface area contributed by atoms with Crippen molar-refractivity contribution in [1.82, 2.24) is 4.31 Å². The zero-order chi connectivity index (χ0) is 17.9. The predicted octanol–water partition coefficient (Wildman–Crippen LogP) is 3.88. The van der Waals surface area contributed by atoms with Crippen molar-refractivity contribution < 1.29 is 13.2 Å². The van der Waals surface area contributed by atoms with Crippen LogP contribution in [0.25, 0.3) is 0 Å². The van der Waals surface area contributed by atoms with Crippen LogP contribution < -0.4 is 5.32 Å². The summed E-state index contributed by atoms with van der Waals surface area (Å²) in [7, 11) is -3.45. The van der Waals surface area contributed by atoms with Crippen molar-refractivity contribution in [3.05, 3.63) is 58.6 Å². The van der Waals surface area contributed by atoms with Gasteiger partial charge in [-0.15, -0.1) is 0 Å². The van der Waals surface area contributed by atoms with Crippen LogP contribution in [0.2, 0.25) is 0 Å². The second kappa shape index (κ2) is 7.68. The van der Waals surface area contributed by atoms with E-state index >= 15 is 0 Å². The van der Waals surface area contributed by atoms with E-state index in [0.717, 1.165) is 23.7 Å². The number of hydrogen-bond acceptors (Lipinski definition) is 3. The minimum absolute atomic E-state index is 0.243. The van der Waals surface area contributed by atoms with Crippen molar-refractivity contribution in [2.75, 3.05) is 18.4 Å². The molecule has 3 rings (SSSR count). The highest BCUT2D eigenvalue weighted by molar-refractivity contribution is 9.10. The standard InChI is InChI=1S/C18H19BrN2O3S/c19-15-6-4-5-14(13-15)18(22)20-16-7-9-17(10-8-16)25(23,24)21-11-2-1-3-12-21/h4-10,13H,1-3,11-12H2,(H,20,22). The van der Waals surface area contributed by atoms with Gasteiger partial charge >= 0.3 is 0 Å². The van der Waals surface area contributed by atoms with Crippen LogP contribution in [0.1, 0.15) is 29.6 Å². The number of carbonyl (C=O) groups excluding carboxylic acids is 1. The second-order valence-corrected chi connectivity index (χ2v) is 8.81. The smallest absolute Gasteiger partial charge is 0.255 e. The van der Waals surface area contributed by atoms with Gasteiger partial charge in [-0.25, -0.2) is 8.42 Å². The summed E-state index contributed by atoms with van der Waals surface area (Å²) in [6.45, 7) is 1.15. The van der Waals surface area contributed by atoms with Crippen molar-refractivity contribution in [2.45, 2.75) is 24.2 Å². The summed E-state index contributed by atoms with van der Waals surface area (Å²) in [5.74, 6) is -0.243. The Morgan fingerprint density at radius 2 is 1.68 bits per heavy atom. The molecule has 1 fully saturated rings. The fourth-order valence-electron chi connectivity index (χ4n) is 2.80. The summed E-state index contributed by atoms with van der Waals surface area (Å²) in [4.78, 5) is 12.5. The van der Waals surface area contributed by atoms with Crippen molar-refractivity contribution in [3.8, 4) is 0 Å². The molecule has 2 aromatic rings. The van der Waals surface area contributed by atoms with Gasteiger partial charge in [0.1, 0.15) is 0 Å². The van der Waals surface area contributed by atoms with E-state index in [4.69, 9.17) is 0 Å². The number of piperidine rings is 1. The summed E-state index contributed by atoms with van der Waals surface area (Å²) >= 11 is 3.33. The van der Waals surface area contributed by atoms with E-state index in [1.165, 1.54) is 4.31 Å². The topological polar surface area (TPSA) is 66.5 Å². The van der Waals surface area contributed by atoms with Gasteiger partial charge in [0.15, 0.2) is 0 Å². The summed E-state index contributed by atoms with van der Waals surface area (Å²) in [5.41, 5.74) is 1.09. The molecular weight excluding hydrogens is 404 g/mol. The van der Waals surface area contributed by atoms with Crippen LogP contribution in [0.3, 0.4) is 0 Å². The first-order chi connectivity index (χ1) is 12.0. The highest BCUT2D eigenvalue weighted by atomic mass is 79.9. The van der Waals surface area contributed by atoms with Crippen LogP contribution in [-0.4, -0.2) is 31.7 Å². The van der Waals surface area contributed by atoms with Gasteiger partial charge in [-0.2, -0.15) is 4.31 Å². The molecule has 0 unspecified atom stereocenters. The number of sulfonamides is 1. The normalized spacial score (nSPS) is 15.7. The van der Waals surface area contributed by atoms with E-state index in [0.29, 0.717) is 24.3 Å². The maximum atomic E-state index is 12.6. The largest absolute Gasteiger partial charge is 0.322 e. The van der Waals surface area contributed by atoms with E-state index in [1.807, 2.05) is 6.07 Å². The highest BCUT2D eigenvalue weighted by Gasteiger charge is 2.25. The van der Waals surface area contributed by atoms with E-state index < -0.39 is 10.0 Å². The van der Waals surface area contributed by atoms with Gasteiger partial charge in [-0.1, -0.05) is 28.4 Å². The third kappa shape index (κ3) is 4.29. The SMILES string of the molecule is O=C(Nc1ccc(S(=O)(=O)N2CCCCC2)cc1)c1cccc(Br)c1. The number of halogens is 1. The molecule has 2 aromatic carbocycles. The Morgan fingerprint density at radius 3 is 2.32 bits per heavy atom. The molecule has 0 atom stereocenters. The number of rotatable bonds is 4. The van der Waals surface area contributed by atoms with Gasteiger partial charge < -0.3 is 5.32 Å². The number of hydrogen-bond donors (Lipinski definition) is 1. The Kier molecular flexibility index (Phi) is 5.56. The molecule has 0 spiro atoms. The van der Waals surface area contributed by atoms with E-state index in [1.54, 1.807) is 42.5 Å². The summed E-state index contributed by atoms with van der Waals surface area (Å²) < 4.78 is 27.6. The molecule has 1 amide bonds. The molecule has 1 N–H and O–H groups in total. The lowest BCUT2D eigenvalue weighted by Gasteiger charge is -2.25. The summed E-state index contributed by atoms with van der Waals surface area (Å²) in [6, 6.07) is 13.4. The van der Waals surface area contributed by atoms with Crippen LogP contribution in [-0.2, 0) is 10.0 Å². The van der Waals surface area contributed by atoms with Crippen LogP contribution >= 0.6 is 15.9 Å². The number of amides is 1. The predicted molar refractivity (Wildman–Crippen MR) is 101 cm³/mol. The fraction of sp³-hybridized carbons (Fsp3) is 0.278. The lowest BCUT2D eigenvalue weighted by Crippen LogP contribution is -2.35. The van der Waals surface area contributed by atoms with Gasteiger partial charge in [-0.05, 0) is 55.3 Å². The zero-order valence-electron chi connectivity index (χ0n) is 13.6. The molecule has 5 nitrogen and oxygen atoms in total. The van der Waals surface area contributed by atoms with Gasteiger partial charge in [0, 0.05) is 28.8 Å². The molecule has 7 heteroatoms. The first-order valence-corrected chi connectivity index (χ1v) is 10.4. The van der Waals surface area contributed by atoms with Gasteiger partial charge in [0.2, 0.25) is 10.0 Å². The Balaban J connectivity index is 1.73. The monoisotopic (exact) mass is 422 g/mol. The first kappa shape index (κ1) is 18.1. The van der Waals surface area contributed by atoms with E-state index in [-0.39, 0.29) is 10.8 Å². The van der Waals surface area contributed by atoms with Crippen molar-refractivity contribution in [1.29, 1.82) is 0 Å². The third-order valence-electron chi connectivity index (χ3n) is 4.15. The van der Waals surface area contributed by atoms with Crippen molar-refractivity contribution in [2.24, 2.45) is 0 Å². The molecule has 132 valence electrons. The lowest BCUT2D eigenvalue weighted by atomic mass is 10.2. The molecule has 1 saturated heterocycles. The molecule has 0 bridgehead atoms. The number of nitrogens with one attached hydrogen (secondary N) is 1. The van der Waals surface area contributed by atoms with Crippen molar-refractivity contribution in [3.63, 3.8) is 0 Å². The van der Waals surface area contributed by atoms with Crippen LogP contribution in [0, 0.1) is 0 Å². The van der Waals surface area contributed by atoms with Crippen LogP contribution in [0.5, 0.6) is 0 Å². The first-order valence-electron chi connectivity index (χ1n) is 8.14. The molecule has 0 aliphatic carbocycles. The average molecular weight is 423 g/mol. The quantitative estimate of drug-likeness (QED) is 0.812. The van der Waals surface area contributed by atoms with Crippen molar-refractivity contribution >= 4 is 37.5 Å². The Hall–Kier alpha value is -1.70. The number of anilines is 1. The van der Waals surface area contributed by atoms with Gasteiger partial charge in [0.05, 0.1) is 4.90 Å². The molecule has 0 saturated carbocycles. The highest BCUT2D eigenvalue weighted by Crippen LogP contribution is 2.22. The molecule has 25 heavy (non-hydrogen) atoms. The van der Waals surface area contributed by atoms with Crippen LogP contribution in [0.4, 0.5) is 5.69 Å². The summed E-state index contributed by atoms with van der Waals surface area (Å²) in [6.07, 6.45) is 2.88. The Bertz CT molecular complexity index is 860. The number of benzene rings is 2. The Labute approximate surface area is 156 Å². The van der Waals surface area contributed by atoms with Crippen LogP contribution in [0.15, 0.2) is 57.9 Å². The lowest BCUT2D eigenvalue weighted by molar-refractivity contribution is 0.102. The summed E-state index contributed by atoms with van der Waals surface area (Å²) in [5, 5.41) is 2.78. The maximum Gasteiger partial charge on any atom is 0.255 e. The average Bonchev–Trinajstić information content (AvgIpc) is 2.63. The molecular formula is C18H19BrN2O3S. The number of nitrogens with zero attached hydrogens (tertiary/aromatic N) is 1. The molecule has 1 aliphatic heterocycles. The minimum Gasteiger partial charge on any atom is -0.322 e. The zero-order valence-corrected chi connectivity index (χ0v) is 16.0. The van der Waals surface area contributed by atoms with E-state index in [9.17, 15) is 13.2 Å². The fourth-order valence-corrected chi connectivity index (χ4v) is 4.71. The molecule has 1 aliphatic rings. The van der Waals surface area contributed by atoms with E-state index in [2.05, 4.69) is 21.2 Å². The van der Waals surface area contributed by atoms with Gasteiger partial charge in [-0.3, -0.25) is 4.79 Å². The molecule has 0 aromatic heterocycles. The third-order valence-corrected chi connectivity index (χ3v) is 6.56. The molecule has 1 heterocycles. The second-order valence-electron chi connectivity index (χ2n) is 5.95. The number of carbonyl (C=O) groups is 1. The maximum absolute atomic E-state index is 12.6. The molecule has 0 radical (unpaired) electrons.